The fourth-order valence-electron chi connectivity index (χ4n) is 3.67. The van der Waals surface area contributed by atoms with Crippen molar-refractivity contribution in [2.24, 2.45) is 0 Å². The third kappa shape index (κ3) is 5.62. The lowest BCUT2D eigenvalue weighted by molar-refractivity contribution is 0.172. The van der Waals surface area contributed by atoms with Gasteiger partial charge < -0.3 is 20.1 Å². The molecule has 0 saturated carbocycles. The summed E-state index contributed by atoms with van der Waals surface area (Å²) < 4.78 is 31.0. The van der Waals surface area contributed by atoms with Gasteiger partial charge in [-0.3, -0.25) is 4.72 Å². The van der Waals surface area contributed by atoms with Gasteiger partial charge in [-0.2, -0.15) is 5.26 Å². The molecule has 8 nitrogen and oxygen atoms in total. The number of aliphatic hydroxyl groups is 1. The predicted molar refractivity (Wildman–Crippen MR) is 129 cm³/mol. The van der Waals surface area contributed by atoms with E-state index in [1.165, 1.54) is 0 Å². The van der Waals surface area contributed by atoms with E-state index in [2.05, 4.69) is 21.1 Å². The highest BCUT2D eigenvalue weighted by Crippen LogP contribution is 2.29. The van der Waals surface area contributed by atoms with Crippen LogP contribution in [0.1, 0.15) is 17.2 Å². The maximum Gasteiger partial charge on any atom is 0.229 e. The maximum absolute atomic E-state index is 11.4. The first-order valence-corrected chi connectivity index (χ1v) is 12.3. The van der Waals surface area contributed by atoms with Gasteiger partial charge in [0.2, 0.25) is 10.0 Å². The van der Waals surface area contributed by atoms with E-state index in [1.807, 2.05) is 30.3 Å². The number of ether oxygens (including phenoxy) is 1. The molecule has 0 fully saturated rings. The molecule has 0 aliphatic carbocycles. The third-order valence-electron chi connectivity index (χ3n) is 5.16. The number of hydrogen-bond acceptors (Lipinski definition) is 6. The number of aliphatic hydroxyl groups excluding tert-OH is 1. The molecule has 1 heterocycles. The molecule has 0 aliphatic heterocycles. The van der Waals surface area contributed by atoms with E-state index < -0.39 is 16.1 Å². The van der Waals surface area contributed by atoms with Crippen molar-refractivity contribution in [3.05, 3.63) is 71.8 Å². The fraction of sp³-hybridized carbons (Fsp3) is 0.208. The first-order valence-electron chi connectivity index (χ1n) is 10.4. The number of rotatable bonds is 9. The molecule has 1 aromatic heterocycles. The second-order valence-corrected chi connectivity index (χ2v) is 9.52. The summed E-state index contributed by atoms with van der Waals surface area (Å²) in [6.07, 6.45) is 0.297. The third-order valence-corrected chi connectivity index (χ3v) is 5.77. The van der Waals surface area contributed by atoms with Crippen LogP contribution in [0.5, 0.6) is 5.75 Å². The van der Waals surface area contributed by atoms with E-state index >= 15 is 0 Å². The van der Waals surface area contributed by atoms with Gasteiger partial charge in [0.25, 0.3) is 0 Å². The van der Waals surface area contributed by atoms with Crippen LogP contribution in [0.4, 0.5) is 5.69 Å². The van der Waals surface area contributed by atoms with Crippen LogP contribution >= 0.6 is 0 Å². The molecule has 1 atom stereocenters. The molecule has 4 aromatic rings. The van der Waals surface area contributed by atoms with Crippen molar-refractivity contribution in [1.29, 1.82) is 5.26 Å². The maximum atomic E-state index is 11.4. The smallest absolute Gasteiger partial charge is 0.229 e. The Morgan fingerprint density at radius 3 is 2.61 bits per heavy atom. The number of nitriles is 1. The summed E-state index contributed by atoms with van der Waals surface area (Å²) in [5, 5.41) is 24.7. The lowest BCUT2D eigenvalue weighted by Crippen LogP contribution is -2.26. The van der Waals surface area contributed by atoms with Crippen molar-refractivity contribution in [1.82, 2.24) is 10.3 Å². The summed E-state index contributed by atoms with van der Waals surface area (Å²) in [5.74, 6) is 0.719. The van der Waals surface area contributed by atoms with Gasteiger partial charge in [-0.05, 0) is 42.0 Å². The number of benzene rings is 3. The molecule has 0 amide bonds. The second kappa shape index (κ2) is 9.50. The topological polar surface area (TPSA) is 127 Å². The molecular formula is C24H24N4O4S. The molecule has 0 saturated heterocycles. The zero-order valence-corrected chi connectivity index (χ0v) is 18.8. The van der Waals surface area contributed by atoms with E-state index in [0.717, 1.165) is 33.8 Å². The Morgan fingerprint density at radius 1 is 1.09 bits per heavy atom. The van der Waals surface area contributed by atoms with Gasteiger partial charge in [-0.15, -0.1) is 0 Å². The van der Waals surface area contributed by atoms with Crippen molar-refractivity contribution < 1.29 is 18.3 Å². The highest BCUT2D eigenvalue weighted by Gasteiger charge is 2.10. The first-order chi connectivity index (χ1) is 15.8. The van der Waals surface area contributed by atoms with Gasteiger partial charge in [0, 0.05) is 41.1 Å². The lowest BCUT2D eigenvalue weighted by Gasteiger charge is -2.14. The molecule has 4 N–H and O–H groups in total. The van der Waals surface area contributed by atoms with Crippen molar-refractivity contribution in [3.63, 3.8) is 0 Å². The number of fused-ring (bicyclic) bond motifs is 3. The Morgan fingerprint density at radius 2 is 1.85 bits per heavy atom. The van der Waals surface area contributed by atoms with Crippen LogP contribution in [-0.2, 0) is 10.0 Å². The van der Waals surface area contributed by atoms with Gasteiger partial charge in [0.1, 0.15) is 12.4 Å². The summed E-state index contributed by atoms with van der Waals surface area (Å²) in [6, 6.07) is 20.2. The molecule has 4 rings (SSSR count). The molecule has 0 bridgehead atoms. The average Bonchev–Trinajstić information content (AvgIpc) is 3.14. The summed E-state index contributed by atoms with van der Waals surface area (Å²) in [4.78, 5) is 3.32. The number of nitrogens with zero attached hydrogens (tertiary/aromatic N) is 1. The molecule has 33 heavy (non-hydrogen) atoms. The van der Waals surface area contributed by atoms with Crippen molar-refractivity contribution in [3.8, 4) is 11.8 Å². The summed E-state index contributed by atoms with van der Waals surface area (Å²) in [5.41, 5.74) is 3.47. The molecule has 170 valence electrons. The molecule has 0 spiro atoms. The number of H-pyrrole nitrogens is 1. The normalized spacial score (nSPS) is 12.5. The van der Waals surface area contributed by atoms with Gasteiger partial charge in [-0.1, -0.05) is 18.2 Å². The van der Waals surface area contributed by atoms with E-state index in [1.54, 1.807) is 30.3 Å². The number of sulfonamides is 1. The largest absolute Gasteiger partial charge is 0.492 e. The lowest BCUT2D eigenvalue weighted by atomic mass is 10.1. The first kappa shape index (κ1) is 22.6. The quantitative estimate of drug-likeness (QED) is 0.282. The average molecular weight is 465 g/mol. The van der Waals surface area contributed by atoms with Crippen LogP contribution in [0.2, 0.25) is 0 Å². The second-order valence-electron chi connectivity index (χ2n) is 7.77. The highest BCUT2D eigenvalue weighted by molar-refractivity contribution is 7.92. The number of anilines is 1. The van der Waals surface area contributed by atoms with Crippen LogP contribution in [-0.4, -0.2) is 44.5 Å². The molecule has 0 aliphatic rings. The van der Waals surface area contributed by atoms with E-state index in [-0.39, 0.29) is 0 Å². The van der Waals surface area contributed by atoms with Crippen LogP contribution in [0.3, 0.4) is 0 Å². The van der Waals surface area contributed by atoms with Gasteiger partial charge in [0.05, 0.1) is 29.5 Å². The van der Waals surface area contributed by atoms with E-state index in [9.17, 15) is 13.5 Å². The van der Waals surface area contributed by atoms with Gasteiger partial charge in [-0.25, -0.2) is 8.42 Å². The predicted octanol–water partition coefficient (Wildman–Crippen LogP) is 3.27. The van der Waals surface area contributed by atoms with Crippen LogP contribution in [0, 0.1) is 11.3 Å². The van der Waals surface area contributed by atoms with Crippen LogP contribution in [0.15, 0.2) is 60.7 Å². The van der Waals surface area contributed by atoms with Crippen molar-refractivity contribution in [2.45, 2.75) is 6.10 Å². The van der Waals surface area contributed by atoms with Gasteiger partial charge >= 0.3 is 0 Å². The molecular weight excluding hydrogens is 440 g/mol. The minimum atomic E-state index is -3.37. The molecule has 0 unspecified atom stereocenters. The van der Waals surface area contributed by atoms with Crippen LogP contribution in [0.25, 0.3) is 21.8 Å². The zero-order chi connectivity index (χ0) is 23.4. The Labute approximate surface area is 191 Å². The number of aromatic nitrogens is 1. The minimum absolute atomic E-state index is 0.300. The number of nitrogens with one attached hydrogen (secondary N) is 3. The fourth-order valence-corrected chi connectivity index (χ4v) is 4.22. The SMILES string of the molecule is CS(=O)(=O)Nc1cccc([C@H](O)CNCCOc2ccc3c(c2)[nH]c2cc(C#N)ccc23)c1. The summed E-state index contributed by atoms with van der Waals surface area (Å²) in [6.45, 7) is 1.23. The Bertz CT molecular complexity index is 1440. The Balaban J connectivity index is 1.29. The number of aromatic amines is 1. The Kier molecular flexibility index (Phi) is 6.51. The summed E-state index contributed by atoms with van der Waals surface area (Å²) >= 11 is 0. The standard InChI is InChI=1S/C24H24N4O4S/c1-33(30,31)28-18-4-2-3-17(12-18)24(29)15-26-9-10-32-19-6-8-21-20-7-5-16(14-25)11-22(20)27-23(21)13-19/h2-8,11-13,24,26-29H,9-10,15H2,1H3/t24-/m1/s1. The summed E-state index contributed by atoms with van der Waals surface area (Å²) in [7, 11) is -3.37. The highest BCUT2D eigenvalue weighted by atomic mass is 32.2. The minimum Gasteiger partial charge on any atom is -0.492 e. The zero-order valence-electron chi connectivity index (χ0n) is 18.0. The van der Waals surface area contributed by atoms with E-state index in [0.29, 0.717) is 36.5 Å². The van der Waals surface area contributed by atoms with Gasteiger partial charge in [0.15, 0.2) is 0 Å². The molecule has 3 aromatic carbocycles. The van der Waals surface area contributed by atoms with Crippen molar-refractivity contribution >= 4 is 37.5 Å². The molecule has 9 heteroatoms. The monoisotopic (exact) mass is 464 g/mol. The van der Waals surface area contributed by atoms with E-state index in [4.69, 9.17) is 10.00 Å². The van der Waals surface area contributed by atoms with Crippen molar-refractivity contribution in [2.75, 3.05) is 30.7 Å². The molecule has 0 radical (unpaired) electrons. The van der Waals surface area contributed by atoms with Crippen LogP contribution < -0.4 is 14.8 Å². The number of hydrogen-bond donors (Lipinski definition) is 4. The Hall–Kier alpha value is -3.58.